The Bertz CT molecular complexity index is 2020. The molecule has 50 heavy (non-hydrogen) atoms. The first-order chi connectivity index (χ1) is 24.1. The van der Waals surface area contributed by atoms with Crippen LogP contribution in [0.25, 0.3) is 6.08 Å². The van der Waals surface area contributed by atoms with Crippen LogP contribution in [0.15, 0.2) is 138 Å². The number of amides is 3. The molecule has 0 bridgehead atoms. The SMILES string of the molecule is Cc1cc([N+](=O)[O-])ccc1NC(=O)C(Sc1ccc(NC(=O)/C(=C/c2ccc(N(C)C)cc2)NC(=O)c2ccccc2)cc1)c1ccccc1. The van der Waals surface area contributed by atoms with Crippen molar-refractivity contribution in [1.29, 1.82) is 0 Å². The van der Waals surface area contributed by atoms with Crippen LogP contribution in [0.3, 0.4) is 0 Å². The van der Waals surface area contributed by atoms with E-state index in [0.717, 1.165) is 21.7 Å². The highest BCUT2D eigenvalue weighted by Crippen LogP contribution is 2.37. The zero-order valence-corrected chi connectivity index (χ0v) is 28.4. The number of thioether (sulfide) groups is 1. The van der Waals surface area contributed by atoms with E-state index < -0.39 is 22.0 Å². The smallest absolute Gasteiger partial charge is 0.272 e. The van der Waals surface area contributed by atoms with Crippen LogP contribution in [-0.4, -0.2) is 36.7 Å². The van der Waals surface area contributed by atoms with E-state index in [1.54, 1.807) is 61.5 Å². The lowest BCUT2D eigenvalue weighted by atomic mass is 10.1. The maximum Gasteiger partial charge on any atom is 0.272 e. The number of hydrogen-bond acceptors (Lipinski definition) is 7. The number of carbonyl (C=O) groups excluding carboxylic acids is 3. The number of nitro groups is 1. The molecule has 0 aromatic heterocycles. The largest absolute Gasteiger partial charge is 0.378 e. The molecule has 5 aromatic rings. The van der Waals surface area contributed by atoms with Crippen molar-refractivity contribution in [2.75, 3.05) is 29.6 Å². The van der Waals surface area contributed by atoms with E-state index in [1.807, 2.05) is 79.7 Å². The van der Waals surface area contributed by atoms with Crippen LogP contribution in [0.5, 0.6) is 0 Å². The summed E-state index contributed by atoms with van der Waals surface area (Å²) in [6.45, 7) is 1.70. The van der Waals surface area contributed by atoms with E-state index in [4.69, 9.17) is 0 Å². The summed E-state index contributed by atoms with van der Waals surface area (Å²) in [4.78, 5) is 53.6. The second-order valence-corrected chi connectivity index (χ2v) is 12.7. The summed E-state index contributed by atoms with van der Waals surface area (Å²) < 4.78 is 0. The van der Waals surface area contributed by atoms with Gasteiger partial charge in [-0.1, -0.05) is 60.7 Å². The molecule has 10 nitrogen and oxygen atoms in total. The monoisotopic (exact) mass is 685 g/mol. The molecule has 1 atom stereocenters. The molecule has 0 spiro atoms. The molecule has 0 radical (unpaired) electrons. The van der Waals surface area contributed by atoms with Gasteiger partial charge in [0.15, 0.2) is 0 Å². The number of hydrogen-bond donors (Lipinski definition) is 3. The van der Waals surface area contributed by atoms with Gasteiger partial charge in [-0.05, 0) is 84.3 Å². The Balaban J connectivity index is 1.33. The van der Waals surface area contributed by atoms with Crippen LogP contribution in [0, 0.1) is 17.0 Å². The topological polar surface area (TPSA) is 134 Å². The summed E-state index contributed by atoms with van der Waals surface area (Å²) >= 11 is 1.32. The van der Waals surface area contributed by atoms with E-state index >= 15 is 0 Å². The van der Waals surface area contributed by atoms with Gasteiger partial charge in [-0.3, -0.25) is 24.5 Å². The number of nitro benzene ring substituents is 1. The molecule has 5 rings (SSSR count). The number of nitrogens with zero attached hydrogens (tertiary/aromatic N) is 2. The fourth-order valence-electron chi connectivity index (χ4n) is 4.93. The van der Waals surface area contributed by atoms with Crippen molar-refractivity contribution in [3.05, 3.63) is 165 Å². The first kappa shape index (κ1) is 35.1. The molecule has 0 saturated carbocycles. The lowest BCUT2D eigenvalue weighted by molar-refractivity contribution is -0.384. The van der Waals surface area contributed by atoms with Crippen molar-refractivity contribution < 1.29 is 19.3 Å². The molecule has 252 valence electrons. The molecule has 5 aromatic carbocycles. The summed E-state index contributed by atoms with van der Waals surface area (Å²) in [6, 6.07) is 36.9. The predicted molar refractivity (Wildman–Crippen MR) is 199 cm³/mol. The van der Waals surface area contributed by atoms with Gasteiger partial charge in [-0.2, -0.15) is 0 Å². The Labute approximate surface area is 294 Å². The lowest BCUT2D eigenvalue weighted by Crippen LogP contribution is -2.30. The van der Waals surface area contributed by atoms with Crippen molar-refractivity contribution >= 4 is 58.3 Å². The summed E-state index contributed by atoms with van der Waals surface area (Å²) in [5.74, 6) is -1.22. The van der Waals surface area contributed by atoms with Gasteiger partial charge in [0.05, 0.1) is 4.92 Å². The molecule has 11 heteroatoms. The van der Waals surface area contributed by atoms with Crippen molar-refractivity contribution in [3.8, 4) is 0 Å². The minimum absolute atomic E-state index is 0.0542. The predicted octanol–water partition coefficient (Wildman–Crippen LogP) is 7.85. The molecule has 0 aliphatic heterocycles. The van der Waals surface area contributed by atoms with Gasteiger partial charge >= 0.3 is 0 Å². The highest BCUT2D eigenvalue weighted by atomic mass is 32.2. The van der Waals surface area contributed by atoms with Crippen molar-refractivity contribution in [2.45, 2.75) is 17.1 Å². The van der Waals surface area contributed by atoms with Crippen LogP contribution in [0.1, 0.15) is 32.3 Å². The number of anilines is 3. The van der Waals surface area contributed by atoms with Crippen LogP contribution in [0.4, 0.5) is 22.7 Å². The van der Waals surface area contributed by atoms with Gasteiger partial charge in [-0.25, -0.2) is 0 Å². The molecule has 1 unspecified atom stereocenters. The molecule has 3 amide bonds. The third-order valence-corrected chi connectivity index (χ3v) is 8.90. The first-order valence-corrected chi connectivity index (χ1v) is 16.5. The second-order valence-electron chi connectivity index (χ2n) is 11.5. The standard InChI is InChI=1S/C39H35N5O5S/c1-26-24-32(44(48)49)20-23-34(26)41-39(47)36(28-10-6-4-7-11-28)50-33-21-16-30(17-22-33)40-38(46)35(42-37(45)29-12-8-5-9-13-29)25-27-14-18-31(19-15-27)43(2)3/h4-25,36H,1-3H3,(H,40,46)(H,41,47)(H,42,45)/b35-25-. The molecule has 0 fully saturated rings. The minimum Gasteiger partial charge on any atom is -0.378 e. The third-order valence-electron chi connectivity index (χ3n) is 7.63. The van der Waals surface area contributed by atoms with Gasteiger partial charge < -0.3 is 20.9 Å². The zero-order valence-electron chi connectivity index (χ0n) is 27.6. The average Bonchev–Trinajstić information content (AvgIpc) is 3.12. The maximum atomic E-state index is 13.6. The van der Waals surface area contributed by atoms with Gasteiger partial charge in [0, 0.05) is 53.7 Å². The molecule has 0 heterocycles. The van der Waals surface area contributed by atoms with Crippen molar-refractivity contribution in [2.24, 2.45) is 0 Å². The number of benzene rings is 5. The third kappa shape index (κ3) is 9.24. The van der Waals surface area contributed by atoms with E-state index in [1.165, 1.54) is 30.0 Å². The Morgan fingerprint density at radius 1 is 0.800 bits per heavy atom. The summed E-state index contributed by atoms with van der Waals surface area (Å²) in [5.41, 5.74) is 4.47. The molecular formula is C39H35N5O5S. The van der Waals surface area contributed by atoms with Gasteiger partial charge in [0.2, 0.25) is 5.91 Å². The van der Waals surface area contributed by atoms with Crippen LogP contribution in [-0.2, 0) is 9.59 Å². The molecule has 0 aliphatic rings. The average molecular weight is 686 g/mol. The molecular weight excluding hydrogens is 651 g/mol. The molecule has 3 N–H and O–H groups in total. The van der Waals surface area contributed by atoms with Crippen molar-refractivity contribution in [1.82, 2.24) is 5.32 Å². The fourth-order valence-corrected chi connectivity index (χ4v) is 5.95. The number of carbonyl (C=O) groups is 3. The fraction of sp³-hybridized carbons (Fsp3) is 0.103. The Morgan fingerprint density at radius 2 is 1.44 bits per heavy atom. The molecule has 0 saturated heterocycles. The summed E-state index contributed by atoms with van der Waals surface area (Å²) in [6.07, 6.45) is 1.62. The number of rotatable bonds is 12. The highest BCUT2D eigenvalue weighted by molar-refractivity contribution is 8.00. The quantitative estimate of drug-likeness (QED) is 0.0527. The first-order valence-electron chi connectivity index (χ1n) is 15.6. The van der Waals surface area contributed by atoms with Crippen LogP contribution in [0.2, 0.25) is 0 Å². The minimum atomic E-state index is -0.646. The van der Waals surface area contributed by atoms with Gasteiger partial charge in [0.1, 0.15) is 10.9 Å². The lowest BCUT2D eigenvalue weighted by Gasteiger charge is -2.18. The van der Waals surface area contributed by atoms with E-state index in [-0.39, 0.29) is 17.3 Å². The second kappa shape index (κ2) is 16.3. The summed E-state index contributed by atoms with van der Waals surface area (Å²) in [5, 5.41) is 19.1. The van der Waals surface area contributed by atoms with E-state index in [2.05, 4.69) is 16.0 Å². The van der Waals surface area contributed by atoms with E-state index in [9.17, 15) is 24.5 Å². The van der Waals surface area contributed by atoms with Gasteiger partial charge in [-0.15, -0.1) is 11.8 Å². The van der Waals surface area contributed by atoms with Crippen molar-refractivity contribution in [3.63, 3.8) is 0 Å². The maximum absolute atomic E-state index is 13.6. The highest BCUT2D eigenvalue weighted by Gasteiger charge is 2.23. The summed E-state index contributed by atoms with van der Waals surface area (Å²) in [7, 11) is 3.87. The number of aryl methyl sites for hydroxylation is 1. The van der Waals surface area contributed by atoms with Crippen LogP contribution >= 0.6 is 11.8 Å². The zero-order chi connectivity index (χ0) is 35.6. The Morgan fingerprint density at radius 3 is 2.04 bits per heavy atom. The normalized spacial score (nSPS) is 11.6. The van der Waals surface area contributed by atoms with E-state index in [0.29, 0.717) is 22.5 Å². The molecule has 0 aliphatic carbocycles. The number of non-ortho nitro benzene ring substituents is 1. The van der Waals surface area contributed by atoms with Gasteiger partial charge in [0.25, 0.3) is 17.5 Å². The Hall–Kier alpha value is -6.20. The Kier molecular flexibility index (Phi) is 11.4. The van der Waals surface area contributed by atoms with Crippen LogP contribution < -0.4 is 20.9 Å². The number of nitrogens with one attached hydrogen (secondary N) is 3.